The predicted octanol–water partition coefficient (Wildman–Crippen LogP) is 4.63. The highest BCUT2D eigenvalue weighted by Crippen LogP contribution is 2.25. The maximum Gasteiger partial charge on any atom is 0.244 e. The van der Waals surface area contributed by atoms with Crippen molar-refractivity contribution in [2.75, 3.05) is 12.3 Å². The Morgan fingerprint density at radius 1 is 1.40 bits per heavy atom. The van der Waals surface area contributed by atoms with Gasteiger partial charge in [-0.05, 0) is 45.6 Å². The van der Waals surface area contributed by atoms with E-state index in [0.717, 1.165) is 16.4 Å². The number of carbonyl (C=O) groups excluding carboxylic acids is 1. The number of amides is 1. The van der Waals surface area contributed by atoms with Crippen LogP contribution in [0.4, 0.5) is 0 Å². The lowest BCUT2D eigenvalue weighted by Gasteiger charge is -2.01. The van der Waals surface area contributed by atoms with Gasteiger partial charge in [-0.3, -0.25) is 4.79 Å². The molecule has 106 valence electrons. The lowest BCUT2D eigenvalue weighted by Crippen LogP contribution is -2.23. The predicted molar refractivity (Wildman–Crippen MR) is 94.5 cm³/mol. The average molecular weight is 388 g/mol. The van der Waals surface area contributed by atoms with Crippen LogP contribution in [0.15, 0.2) is 39.5 Å². The molecule has 0 saturated heterocycles. The molecule has 6 heteroatoms. The first-order chi connectivity index (χ1) is 9.74. The summed E-state index contributed by atoms with van der Waals surface area (Å²) >= 11 is 8.66. The third-order valence-corrected chi connectivity index (χ3v) is 6.01. The number of carbonyl (C=O) groups is 1. The largest absolute Gasteiger partial charge is 0.352 e. The molecule has 2 nitrogen and oxygen atoms in total. The molecular formula is C14H14BrNOS3. The van der Waals surface area contributed by atoms with Crippen LogP contribution in [0.25, 0.3) is 6.08 Å². The van der Waals surface area contributed by atoms with E-state index < -0.39 is 0 Å². The number of halogens is 1. The molecule has 0 bridgehead atoms. The van der Waals surface area contributed by atoms with Gasteiger partial charge in [0.05, 0.1) is 3.79 Å². The van der Waals surface area contributed by atoms with E-state index in [9.17, 15) is 4.79 Å². The minimum Gasteiger partial charge on any atom is -0.352 e. The van der Waals surface area contributed by atoms with E-state index in [1.165, 1.54) is 8.66 Å². The highest BCUT2D eigenvalue weighted by atomic mass is 79.9. The fourth-order valence-electron chi connectivity index (χ4n) is 1.45. The average Bonchev–Trinajstić information content (AvgIpc) is 3.07. The van der Waals surface area contributed by atoms with E-state index >= 15 is 0 Å². The third-order valence-electron chi connectivity index (χ3n) is 2.36. The van der Waals surface area contributed by atoms with E-state index in [-0.39, 0.29) is 5.91 Å². The van der Waals surface area contributed by atoms with E-state index in [1.807, 2.05) is 35.4 Å². The summed E-state index contributed by atoms with van der Waals surface area (Å²) in [5, 5.41) is 4.89. The Morgan fingerprint density at radius 2 is 2.30 bits per heavy atom. The summed E-state index contributed by atoms with van der Waals surface area (Å²) in [6.45, 7) is 0.699. The van der Waals surface area contributed by atoms with Gasteiger partial charge in [-0.1, -0.05) is 6.07 Å². The topological polar surface area (TPSA) is 29.1 Å². The van der Waals surface area contributed by atoms with Crippen molar-refractivity contribution >= 4 is 62.3 Å². The summed E-state index contributed by atoms with van der Waals surface area (Å²) in [6, 6.07) is 8.16. The van der Waals surface area contributed by atoms with Crippen molar-refractivity contribution in [3.63, 3.8) is 0 Å². The first kappa shape index (κ1) is 15.8. The van der Waals surface area contributed by atoms with Crippen molar-refractivity contribution in [1.82, 2.24) is 5.32 Å². The van der Waals surface area contributed by atoms with Gasteiger partial charge in [-0.2, -0.15) is 11.8 Å². The fourth-order valence-corrected chi connectivity index (χ4v) is 4.52. The molecule has 0 saturated carbocycles. The van der Waals surface area contributed by atoms with Crippen LogP contribution in [0.1, 0.15) is 9.75 Å². The number of thioether (sulfide) groups is 1. The smallest absolute Gasteiger partial charge is 0.244 e. The van der Waals surface area contributed by atoms with Crippen LogP contribution in [-0.4, -0.2) is 18.2 Å². The Balaban J connectivity index is 1.57. The molecule has 0 aliphatic heterocycles. The molecule has 0 aliphatic carbocycles. The van der Waals surface area contributed by atoms with Crippen LogP contribution in [-0.2, 0) is 10.5 Å². The summed E-state index contributed by atoms with van der Waals surface area (Å²) in [4.78, 5) is 14.0. The fraction of sp³-hybridized carbons (Fsp3) is 0.214. The molecule has 2 aromatic rings. The van der Waals surface area contributed by atoms with Gasteiger partial charge in [0.25, 0.3) is 0 Å². The first-order valence-electron chi connectivity index (χ1n) is 6.05. The van der Waals surface area contributed by atoms with Crippen molar-refractivity contribution < 1.29 is 4.79 Å². The van der Waals surface area contributed by atoms with Gasteiger partial charge in [-0.25, -0.2) is 0 Å². The molecule has 1 N–H and O–H groups in total. The molecular weight excluding hydrogens is 374 g/mol. The second kappa shape index (κ2) is 8.67. The van der Waals surface area contributed by atoms with Crippen molar-refractivity contribution in [2.24, 2.45) is 0 Å². The Morgan fingerprint density at radius 3 is 3.00 bits per heavy atom. The van der Waals surface area contributed by atoms with Gasteiger partial charge >= 0.3 is 0 Å². The van der Waals surface area contributed by atoms with Crippen LogP contribution in [0, 0.1) is 0 Å². The van der Waals surface area contributed by atoms with Gasteiger partial charge in [0.15, 0.2) is 0 Å². The second-order valence-electron chi connectivity index (χ2n) is 3.90. The van der Waals surface area contributed by atoms with Crippen LogP contribution < -0.4 is 5.32 Å². The van der Waals surface area contributed by atoms with Crippen molar-refractivity contribution in [2.45, 2.75) is 5.75 Å². The van der Waals surface area contributed by atoms with Gasteiger partial charge in [0.2, 0.25) is 5.91 Å². The molecule has 0 aromatic carbocycles. The maximum atomic E-state index is 11.6. The maximum absolute atomic E-state index is 11.6. The quantitative estimate of drug-likeness (QED) is 0.553. The Bertz CT molecular complexity index is 563. The Labute approximate surface area is 139 Å². The van der Waals surface area contributed by atoms with Gasteiger partial charge in [0, 0.05) is 33.9 Å². The van der Waals surface area contributed by atoms with Gasteiger partial charge in [0.1, 0.15) is 0 Å². The van der Waals surface area contributed by atoms with Crippen molar-refractivity contribution in [3.05, 3.63) is 49.3 Å². The molecule has 0 aliphatic rings. The molecule has 0 fully saturated rings. The van der Waals surface area contributed by atoms with Crippen molar-refractivity contribution in [3.8, 4) is 0 Å². The van der Waals surface area contributed by atoms with Gasteiger partial charge < -0.3 is 5.32 Å². The summed E-state index contributed by atoms with van der Waals surface area (Å²) in [5.74, 6) is 1.89. The first-order valence-corrected chi connectivity index (χ1v) is 9.70. The van der Waals surface area contributed by atoms with Gasteiger partial charge in [-0.15, -0.1) is 22.7 Å². The lowest BCUT2D eigenvalue weighted by molar-refractivity contribution is -0.116. The number of hydrogen-bond acceptors (Lipinski definition) is 4. The molecule has 20 heavy (non-hydrogen) atoms. The minimum atomic E-state index is -0.0298. The summed E-state index contributed by atoms with van der Waals surface area (Å²) in [5.41, 5.74) is 0. The van der Waals surface area contributed by atoms with E-state index in [2.05, 4.69) is 33.4 Å². The normalized spacial score (nSPS) is 11.1. The Kier molecular flexibility index (Phi) is 6.86. The highest BCUT2D eigenvalue weighted by Gasteiger charge is 1.99. The third kappa shape index (κ3) is 5.83. The van der Waals surface area contributed by atoms with E-state index in [0.29, 0.717) is 6.54 Å². The molecule has 0 spiro atoms. The molecule has 2 aromatic heterocycles. The highest BCUT2D eigenvalue weighted by molar-refractivity contribution is 9.11. The zero-order chi connectivity index (χ0) is 14.2. The van der Waals surface area contributed by atoms with Crippen LogP contribution >= 0.6 is 50.4 Å². The van der Waals surface area contributed by atoms with E-state index in [4.69, 9.17) is 0 Å². The summed E-state index contributed by atoms with van der Waals surface area (Å²) in [6.07, 6.45) is 3.43. The lowest BCUT2D eigenvalue weighted by atomic mass is 10.4. The number of nitrogens with one attached hydrogen (secondary N) is 1. The Hall–Kier alpha value is -0.560. The molecule has 0 radical (unpaired) electrons. The van der Waals surface area contributed by atoms with Crippen LogP contribution in [0.3, 0.4) is 0 Å². The van der Waals surface area contributed by atoms with E-state index in [1.54, 1.807) is 28.7 Å². The number of thiophene rings is 2. The molecule has 2 heterocycles. The summed E-state index contributed by atoms with van der Waals surface area (Å²) in [7, 11) is 0. The van der Waals surface area contributed by atoms with Crippen molar-refractivity contribution in [1.29, 1.82) is 0 Å². The minimum absolute atomic E-state index is 0.0298. The zero-order valence-electron chi connectivity index (χ0n) is 10.7. The monoisotopic (exact) mass is 387 g/mol. The molecule has 1 amide bonds. The van der Waals surface area contributed by atoms with Crippen LogP contribution in [0.5, 0.6) is 0 Å². The van der Waals surface area contributed by atoms with Crippen LogP contribution in [0.2, 0.25) is 0 Å². The zero-order valence-corrected chi connectivity index (χ0v) is 14.7. The molecule has 0 atom stereocenters. The molecule has 2 rings (SSSR count). The number of rotatable bonds is 7. The molecule has 0 unspecified atom stereocenters. The number of hydrogen-bond donors (Lipinski definition) is 1. The summed E-state index contributed by atoms with van der Waals surface area (Å²) < 4.78 is 1.17. The second-order valence-corrected chi connectivity index (χ2v) is 8.53. The SMILES string of the molecule is O=C(/C=C/c1cccs1)NCCSCc1ccc(Br)s1. The standard InChI is InChI=1S/C14H14BrNOS3/c15-13-5-3-12(20-13)10-18-9-7-16-14(17)6-4-11-2-1-8-19-11/h1-6,8H,7,9-10H2,(H,16,17)/b6-4+.